The van der Waals surface area contributed by atoms with Crippen LogP contribution in [-0.2, 0) is 22.6 Å². The van der Waals surface area contributed by atoms with Gasteiger partial charge in [-0.3, -0.25) is 4.79 Å². The van der Waals surface area contributed by atoms with Crippen molar-refractivity contribution in [2.45, 2.75) is 39.0 Å². The predicted octanol–water partition coefficient (Wildman–Crippen LogP) is 2.66. The first-order valence-corrected chi connectivity index (χ1v) is 9.42. The molecular weight excluding hydrogens is 356 g/mol. The van der Waals surface area contributed by atoms with Crippen molar-refractivity contribution in [3.05, 3.63) is 71.8 Å². The van der Waals surface area contributed by atoms with Crippen LogP contribution < -0.4 is 10.6 Å². The smallest absolute Gasteiger partial charge is 0.408 e. The minimum Gasteiger partial charge on any atom is -0.445 e. The molecule has 150 valence electrons. The first kappa shape index (κ1) is 21.4. The molecule has 0 aliphatic carbocycles. The molecule has 0 fully saturated rings. The minimum absolute atomic E-state index is 0.0661. The molecule has 3 N–H and O–H groups in total. The highest BCUT2D eigenvalue weighted by atomic mass is 16.5. The summed E-state index contributed by atoms with van der Waals surface area (Å²) in [6.45, 7) is 3.78. The Kier molecular flexibility index (Phi) is 8.49. The average molecular weight is 384 g/mol. The molecule has 0 spiro atoms. The highest BCUT2D eigenvalue weighted by Crippen LogP contribution is 2.07. The molecule has 0 heterocycles. The van der Waals surface area contributed by atoms with Crippen LogP contribution in [0, 0.1) is 5.92 Å². The molecule has 6 nitrogen and oxygen atoms in total. The maximum absolute atomic E-state index is 12.7. The van der Waals surface area contributed by atoms with Gasteiger partial charge >= 0.3 is 6.09 Å². The SMILES string of the molecule is CC(C)[C@@H](CO)NC(=O)[C@H](Cc1ccccc1)NC(=O)OCc1ccccc1. The second-order valence-corrected chi connectivity index (χ2v) is 6.99. The van der Waals surface area contributed by atoms with Gasteiger partial charge in [0.2, 0.25) is 5.91 Å². The zero-order chi connectivity index (χ0) is 20.4. The molecule has 28 heavy (non-hydrogen) atoms. The van der Waals surface area contributed by atoms with Gasteiger partial charge in [0.25, 0.3) is 0 Å². The van der Waals surface area contributed by atoms with Gasteiger partial charge < -0.3 is 20.5 Å². The number of hydrogen-bond donors (Lipinski definition) is 3. The maximum Gasteiger partial charge on any atom is 0.408 e. The van der Waals surface area contributed by atoms with E-state index in [1.807, 2.05) is 74.5 Å². The number of hydrogen-bond acceptors (Lipinski definition) is 4. The van der Waals surface area contributed by atoms with Crippen LogP contribution in [-0.4, -0.2) is 35.8 Å². The summed E-state index contributed by atoms with van der Waals surface area (Å²) < 4.78 is 5.25. The van der Waals surface area contributed by atoms with Crippen LogP contribution in [0.25, 0.3) is 0 Å². The van der Waals surface area contributed by atoms with E-state index in [0.29, 0.717) is 6.42 Å². The molecule has 2 rings (SSSR count). The van der Waals surface area contributed by atoms with Crippen LogP contribution in [0.3, 0.4) is 0 Å². The number of nitrogens with one attached hydrogen (secondary N) is 2. The Morgan fingerprint density at radius 3 is 2.04 bits per heavy atom. The monoisotopic (exact) mass is 384 g/mol. The number of rotatable bonds is 9. The predicted molar refractivity (Wildman–Crippen MR) is 108 cm³/mol. The Balaban J connectivity index is 2.02. The van der Waals surface area contributed by atoms with E-state index in [0.717, 1.165) is 11.1 Å². The van der Waals surface area contributed by atoms with Crippen molar-refractivity contribution in [2.75, 3.05) is 6.61 Å². The van der Waals surface area contributed by atoms with E-state index in [1.54, 1.807) is 0 Å². The van der Waals surface area contributed by atoms with Gasteiger partial charge in [-0.15, -0.1) is 0 Å². The molecular formula is C22H28N2O4. The van der Waals surface area contributed by atoms with Gasteiger partial charge in [0.1, 0.15) is 12.6 Å². The highest BCUT2D eigenvalue weighted by Gasteiger charge is 2.25. The fourth-order valence-electron chi connectivity index (χ4n) is 2.67. The number of aliphatic hydroxyl groups is 1. The van der Waals surface area contributed by atoms with Gasteiger partial charge in [0.15, 0.2) is 0 Å². The Labute approximate surface area is 165 Å². The molecule has 2 aromatic carbocycles. The number of aliphatic hydroxyl groups excluding tert-OH is 1. The average Bonchev–Trinajstić information content (AvgIpc) is 2.71. The lowest BCUT2D eigenvalue weighted by Gasteiger charge is -2.24. The number of ether oxygens (including phenoxy) is 1. The first-order chi connectivity index (χ1) is 13.5. The van der Waals surface area contributed by atoms with E-state index in [9.17, 15) is 14.7 Å². The maximum atomic E-state index is 12.7. The summed E-state index contributed by atoms with van der Waals surface area (Å²) >= 11 is 0. The third-order valence-electron chi connectivity index (χ3n) is 4.43. The molecule has 2 atom stereocenters. The topological polar surface area (TPSA) is 87.7 Å². The van der Waals surface area contributed by atoms with Crippen molar-refractivity contribution >= 4 is 12.0 Å². The number of alkyl carbamates (subject to hydrolysis) is 1. The highest BCUT2D eigenvalue weighted by molar-refractivity contribution is 5.86. The first-order valence-electron chi connectivity index (χ1n) is 9.42. The zero-order valence-electron chi connectivity index (χ0n) is 16.3. The van der Waals surface area contributed by atoms with Crippen molar-refractivity contribution in [3.63, 3.8) is 0 Å². The summed E-state index contributed by atoms with van der Waals surface area (Å²) in [5.41, 5.74) is 1.78. The second-order valence-electron chi connectivity index (χ2n) is 6.99. The van der Waals surface area contributed by atoms with Gasteiger partial charge in [0.05, 0.1) is 12.6 Å². The molecule has 2 amide bonds. The minimum atomic E-state index is -0.807. The molecule has 0 saturated carbocycles. The normalized spacial score (nSPS) is 12.9. The van der Waals surface area contributed by atoms with Crippen molar-refractivity contribution < 1.29 is 19.4 Å². The molecule has 0 aliphatic heterocycles. The lowest BCUT2D eigenvalue weighted by molar-refractivity contribution is -0.124. The third-order valence-corrected chi connectivity index (χ3v) is 4.43. The molecule has 2 aromatic rings. The van der Waals surface area contributed by atoms with Crippen molar-refractivity contribution in [1.82, 2.24) is 10.6 Å². The van der Waals surface area contributed by atoms with E-state index in [2.05, 4.69) is 10.6 Å². The number of amides is 2. The van der Waals surface area contributed by atoms with Crippen LogP contribution in [0.1, 0.15) is 25.0 Å². The van der Waals surface area contributed by atoms with Gasteiger partial charge in [-0.25, -0.2) is 4.79 Å². The summed E-state index contributed by atoms with van der Waals surface area (Å²) in [6.07, 6.45) is -0.339. The van der Waals surface area contributed by atoms with E-state index in [1.165, 1.54) is 0 Å². The summed E-state index contributed by atoms with van der Waals surface area (Å²) in [5.74, 6) is -0.287. The lowest BCUT2D eigenvalue weighted by atomic mass is 10.0. The third kappa shape index (κ3) is 7.04. The Morgan fingerprint density at radius 2 is 1.50 bits per heavy atom. The fraction of sp³-hybridized carbons (Fsp3) is 0.364. The number of carbonyl (C=O) groups is 2. The number of carbonyl (C=O) groups excluding carboxylic acids is 2. The Hall–Kier alpha value is -2.86. The van der Waals surface area contributed by atoms with Crippen molar-refractivity contribution in [2.24, 2.45) is 5.92 Å². The van der Waals surface area contributed by atoms with Gasteiger partial charge in [-0.1, -0.05) is 74.5 Å². The van der Waals surface area contributed by atoms with Crippen LogP contribution in [0.15, 0.2) is 60.7 Å². The molecule has 0 saturated heterocycles. The quantitative estimate of drug-likeness (QED) is 0.620. The molecule has 0 aliphatic rings. The Morgan fingerprint density at radius 1 is 0.929 bits per heavy atom. The summed E-state index contributed by atoms with van der Waals surface area (Å²) in [5, 5.41) is 14.9. The van der Waals surface area contributed by atoms with E-state index < -0.39 is 12.1 Å². The summed E-state index contributed by atoms with van der Waals surface area (Å²) in [4.78, 5) is 25.0. The molecule has 0 radical (unpaired) electrons. The molecule has 6 heteroatoms. The largest absolute Gasteiger partial charge is 0.445 e. The van der Waals surface area contributed by atoms with Crippen LogP contribution >= 0.6 is 0 Å². The Bertz CT molecular complexity index is 735. The standard InChI is InChI=1S/C22H28N2O4/c1-16(2)20(14-25)23-21(26)19(13-17-9-5-3-6-10-17)24-22(27)28-15-18-11-7-4-8-12-18/h3-12,16,19-20,25H,13-15H2,1-2H3,(H,23,26)(H,24,27)/t19-,20+/m0/s1. The summed E-state index contributed by atoms with van der Waals surface area (Å²) in [6, 6.07) is 17.6. The van der Waals surface area contributed by atoms with Gasteiger partial charge in [-0.2, -0.15) is 0 Å². The van der Waals surface area contributed by atoms with Crippen LogP contribution in [0.2, 0.25) is 0 Å². The van der Waals surface area contributed by atoms with Crippen LogP contribution in [0.4, 0.5) is 4.79 Å². The fourth-order valence-corrected chi connectivity index (χ4v) is 2.67. The van der Waals surface area contributed by atoms with E-state index in [4.69, 9.17) is 4.74 Å². The second kappa shape index (κ2) is 11.1. The molecule has 0 bridgehead atoms. The van der Waals surface area contributed by atoms with Crippen molar-refractivity contribution in [1.29, 1.82) is 0 Å². The number of benzene rings is 2. The van der Waals surface area contributed by atoms with Gasteiger partial charge in [0, 0.05) is 6.42 Å². The zero-order valence-corrected chi connectivity index (χ0v) is 16.3. The van der Waals surface area contributed by atoms with Gasteiger partial charge in [-0.05, 0) is 17.0 Å². The van der Waals surface area contributed by atoms with E-state index in [-0.39, 0.29) is 31.1 Å². The lowest BCUT2D eigenvalue weighted by Crippen LogP contribution is -2.52. The van der Waals surface area contributed by atoms with Crippen molar-refractivity contribution in [3.8, 4) is 0 Å². The molecule has 0 aromatic heterocycles. The summed E-state index contributed by atoms with van der Waals surface area (Å²) in [7, 11) is 0. The van der Waals surface area contributed by atoms with Crippen LogP contribution in [0.5, 0.6) is 0 Å². The van der Waals surface area contributed by atoms with E-state index >= 15 is 0 Å². The molecule has 0 unspecified atom stereocenters.